The fourth-order valence-electron chi connectivity index (χ4n) is 2.24. The lowest BCUT2D eigenvalue weighted by molar-refractivity contribution is 0.537. The van der Waals surface area contributed by atoms with Crippen LogP contribution < -0.4 is 16.8 Å². The minimum atomic E-state index is -1.01. The number of hydrogen-bond donors (Lipinski definition) is 3. The molecule has 1 aliphatic heterocycles. The molecule has 4 nitrogen and oxygen atoms in total. The fourth-order valence-corrected chi connectivity index (χ4v) is 2.24. The van der Waals surface area contributed by atoms with Crippen LogP contribution in [0.4, 0.5) is 5.69 Å². The Labute approximate surface area is 112 Å². The first-order valence-corrected chi connectivity index (χ1v) is 6.17. The third kappa shape index (κ3) is 1.96. The maximum absolute atomic E-state index is 6.36. The molecule has 0 bridgehead atoms. The van der Waals surface area contributed by atoms with Crippen LogP contribution in [0.5, 0.6) is 0 Å². The second kappa shape index (κ2) is 4.10. The molecule has 0 saturated carbocycles. The van der Waals surface area contributed by atoms with Gasteiger partial charge in [0, 0.05) is 16.8 Å². The average molecular weight is 252 g/mol. The number of aliphatic imine (C=N–C) groups is 1. The summed E-state index contributed by atoms with van der Waals surface area (Å²) in [6, 6.07) is 15.7. The largest absolute Gasteiger partial charge is 0.383 e. The molecule has 96 valence electrons. The van der Waals surface area contributed by atoms with Crippen molar-refractivity contribution in [3.63, 3.8) is 0 Å². The van der Waals surface area contributed by atoms with Crippen LogP contribution in [0.25, 0.3) is 0 Å². The number of nitrogens with zero attached hydrogens (tertiary/aromatic N) is 1. The molecule has 4 heteroatoms. The Morgan fingerprint density at radius 1 is 1.05 bits per heavy atom. The second-order valence-electron chi connectivity index (χ2n) is 4.80. The van der Waals surface area contributed by atoms with Crippen molar-refractivity contribution in [3.8, 4) is 0 Å². The SMILES string of the molecule is Cc1ccc(C2(N)N=C(N)c3ccccc3N2)cc1. The van der Waals surface area contributed by atoms with E-state index in [1.165, 1.54) is 5.56 Å². The molecule has 19 heavy (non-hydrogen) atoms. The van der Waals surface area contributed by atoms with Crippen molar-refractivity contribution in [3.05, 3.63) is 65.2 Å². The highest BCUT2D eigenvalue weighted by molar-refractivity contribution is 6.04. The van der Waals surface area contributed by atoms with Gasteiger partial charge in [-0.2, -0.15) is 0 Å². The summed E-state index contributed by atoms with van der Waals surface area (Å²) in [5.41, 5.74) is 16.2. The lowest BCUT2D eigenvalue weighted by Crippen LogP contribution is -2.47. The Hall–Kier alpha value is -2.33. The summed E-state index contributed by atoms with van der Waals surface area (Å²) < 4.78 is 0. The van der Waals surface area contributed by atoms with Crippen molar-refractivity contribution in [2.75, 3.05) is 5.32 Å². The molecule has 0 aliphatic carbocycles. The number of nitrogens with two attached hydrogens (primary N) is 2. The van der Waals surface area contributed by atoms with E-state index < -0.39 is 5.79 Å². The summed E-state index contributed by atoms with van der Waals surface area (Å²) >= 11 is 0. The lowest BCUT2D eigenvalue weighted by atomic mass is 10.0. The Kier molecular flexibility index (Phi) is 2.54. The van der Waals surface area contributed by atoms with E-state index in [1.807, 2.05) is 55.5 Å². The summed E-state index contributed by atoms with van der Waals surface area (Å²) in [4.78, 5) is 4.42. The minimum Gasteiger partial charge on any atom is -0.383 e. The van der Waals surface area contributed by atoms with Crippen LogP contribution in [0.2, 0.25) is 0 Å². The number of amidine groups is 1. The Morgan fingerprint density at radius 3 is 2.47 bits per heavy atom. The zero-order valence-corrected chi connectivity index (χ0v) is 10.7. The number of rotatable bonds is 1. The number of para-hydroxylation sites is 1. The fraction of sp³-hybridized carbons (Fsp3) is 0.133. The number of nitrogens with one attached hydrogen (secondary N) is 1. The molecule has 5 N–H and O–H groups in total. The Morgan fingerprint density at radius 2 is 1.74 bits per heavy atom. The number of hydrogen-bond acceptors (Lipinski definition) is 4. The zero-order valence-electron chi connectivity index (χ0n) is 10.7. The van der Waals surface area contributed by atoms with Gasteiger partial charge in [-0.05, 0) is 19.1 Å². The average Bonchev–Trinajstić information content (AvgIpc) is 2.39. The Bertz CT molecular complexity index is 645. The Balaban J connectivity index is 2.08. The molecule has 0 radical (unpaired) electrons. The monoisotopic (exact) mass is 252 g/mol. The molecule has 1 aliphatic rings. The maximum atomic E-state index is 6.36. The molecule has 0 amide bonds. The first-order valence-electron chi connectivity index (χ1n) is 6.17. The summed E-state index contributed by atoms with van der Waals surface area (Å²) in [5, 5.41) is 3.25. The first-order chi connectivity index (χ1) is 9.08. The molecule has 0 saturated heterocycles. The van der Waals surface area contributed by atoms with Crippen molar-refractivity contribution >= 4 is 11.5 Å². The van der Waals surface area contributed by atoms with Gasteiger partial charge in [-0.25, -0.2) is 4.99 Å². The van der Waals surface area contributed by atoms with E-state index in [9.17, 15) is 0 Å². The molecule has 3 rings (SSSR count). The van der Waals surface area contributed by atoms with Crippen LogP contribution in [-0.2, 0) is 5.79 Å². The van der Waals surface area contributed by atoms with Gasteiger partial charge in [0.25, 0.3) is 0 Å². The van der Waals surface area contributed by atoms with Gasteiger partial charge in [0.05, 0.1) is 0 Å². The van der Waals surface area contributed by atoms with Crippen molar-refractivity contribution in [1.82, 2.24) is 0 Å². The summed E-state index contributed by atoms with van der Waals surface area (Å²) in [7, 11) is 0. The third-order valence-corrected chi connectivity index (χ3v) is 3.32. The van der Waals surface area contributed by atoms with E-state index in [0.29, 0.717) is 5.84 Å². The standard InChI is InChI=1S/C15H16N4/c1-10-6-8-11(9-7-10)15(17)18-13-5-3-2-4-12(13)14(16)19-15/h2-9,18H,17H2,1H3,(H2,16,19). The van der Waals surface area contributed by atoms with Crippen molar-refractivity contribution < 1.29 is 0 Å². The molecular formula is C15H16N4. The normalized spacial score (nSPS) is 21.3. The summed E-state index contributed by atoms with van der Waals surface area (Å²) in [5.74, 6) is -0.552. The molecular weight excluding hydrogens is 236 g/mol. The van der Waals surface area contributed by atoms with Gasteiger partial charge < -0.3 is 11.1 Å². The van der Waals surface area contributed by atoms with Gasteiger partial charge >= 0.3 is 0 Å². The highest BCUT2D eigenvalue weighted by Crippen LogP contribution is 2.30. The highest BCUT2D eigenvalue weighted by atomic mass is 15.3. The zero-order chi connectivity index (χ0) is 13.5. The predicted molar refractivity (Wildman–Crippen MR) is 77.8 cm³/mol. The molecule has 2 aromatic rings. The van der Waals surface area contributed by atoms with Gasteiger partial charge in [0.1, 0.15) is 5.84 Å². The second-order valence-corrected chi connectivity index (χ2v) is 4.80. The minimum absolute atomic E-state index is 0.456. The van der Waals surface area contributed by atoms with Crippen molar-refractivity contribution in [2.24, 2.45) is 16.5 Å². The first kappa shape index (κ1) is 11.7. The maximum Gasteiger partial charge on any atom is 0.211 e. The summed E-state index contributed by atoms with van der Waals surface area (Å²) in [6.45, 7) is 2.04. The van der Waals surface area contributed by atoms with Crippen LogP contribution in [0.15, 0.2) is 53.5 Å². The quantitative estimate of drug-likeness (QED) is 0.725. The molecule has 0 aromatic heterocycles. The van der Waals surface area contributed by atoms with Crippen LogP contribution in [0.1, 0.15) is 16.7 Å². The van der Waals surface area contributed by atoms with Crippen molar-refractivity contribution in [2.45, 2.75) is 12.7 Å². The van der Waals surface area contributed by atoms with E-state index in [0.717, 1.165) is 16.8 Å². The van der Waals surface area contributed by atoms with E-state index in [4.69, 9.17) is 11.5 Å². The van der Waals surface area contributed by atoms with Crippen LogP contribution in [0.3, 0.4) is 0 Å². The van der Waals surface area contributed by atoms with Gasteiger partial charge in [-0.3, -0.25) is 5.73 Å². The van der Waals surface area contributed by atoms with E-state index in [2.05, 4.69) is 10.3 Å². The van der Waals surface area contributed by atoms with E-state index >= 15 is 0 Å². The van der Waals surface area contributed by atoms with Crippen LogP contribution in [0, 0.1) is 6.92 Å². The van der Waals surface area contributed by atoms with Crippen molar-refractivity contribution in [1.29, 1.82) is 0 Å². The highest BCUT2D eigenvalue weighted by Gasteiger charge is 2.31. The van der Waals surface area contributed by atoms with Gasteiger partial charge in [0.15, 0.2) is 0 Å². The summed E-state index contributed by atoms with van der Waals surface area (Å²) in [6.07, 6.45) is 0. The molecule has 1 atom stereocenters. The molecule has 0 spiro atoms. The topological polar surface area (TPSA) is 76.4 Å². The van der Waals surface area contributed by atoms with Gasteiger partial charge in [-0.1, -0.05) is 42.0 Å². The van der Waals surface area contributed by atoms with Crippen LogP contribution >= 0.6 is 0 Å². The third-order valence-electron chi connectivity index (χ3n) is 3.32. The van der Waals surface area contributed by atoms with E-state index in [1.54, 1.807) is 0 Å². The lowest BCUT2D eigenvalue weighted by Gasteiger charge is -2.33. The molecule has 1 unspecified atom stereocenters. The van der Waals surface area contributed by atoms with Gasteiger partial charge in [0.2, 0.25) is 5.79 Å². The number of aryl methyl sites for hydroxylation is 1. The molecule has 2 aromatic carbocycles. The van der Waals surface area contributed by atoms with Gasteiger partial charge in [-0.15, -0.1) is 0 Å². The molecule has 1 heterocycles. The smallest absolute Gasteiger partial charge is 0.211 e. The van der Waals surface area contributed by atoms with Crippen LogP contribution in [-0.4, -0.2) is 5.84 Å². The number of benzene rings is 2. The number of anilines is 1. The molecule has 0 fully saturated rings. The number of fused-ring (bicyclic) bond motifs is 1. The predicted octanol–water partition coefficient (Wildman–Crippen LogP) is 1.90. The van der Waals surface area contributed by atoms with E-state index in [-0.39, 0.29) is 0 Å².